The minimum absolute atomic E-state index is 0.161. The molecule has 1 aromatic carbocycles. The van der Waals surface area contributed by atoms with Crippen molar-refractivity contribution in [3.8, 4) is 0 Å². The van der Waals surface area contributed by atoms with Gasteiger partial charge in [-0.15, -0.1) is 0 Å². The van der Waals surface area contributed by atoms with E-state index < -0.39 is 6.10 Å². The van der Waals surface area contributed by atoms with Crippen molar-refractivity contribution in [2.75, 3.05) is 6.54 Å². The molecule has 0 aliphatic rings. The molecule has 1 atom stereocenters. The normalized spacial score (nSPS) is 12.6. The summed E-state index contributed by atoms with van der Waals surface area (Å²) in [4.78, 5) is 14.9. The highest BCUT2D eigenvalue weighted by molar-refractivity contribution is 6.06. The summed E-state index contributed by atoms with van der Waals surface area (Å²) in [6.45, 7) is 1.90. The van der Waals surface area contributed by atoms with Crippen LogP contribution in [0.25, 0.3) is 10.9 Å². The molecule has 0 spiro atoms. The van der Waals surface area contributed by atoms with Crippen molar-refractivity contribution in [3.05, 3.63) is 36.0 Å². The number of aromatic amines is 1. The van der Waals surface area contributed by atoms with Crippen molar-refractivity contribution < 1.29 is 9.90 Å². The zero-order valence-corrected chi connectivity index (χ0v) is 9.03. The van der Waals surface area contributed by atoms with Crippen LogP contribution in [0.5, 0.6) is 0 Å². The lowest BCUT2D eigenvalue weighted by molar-refractivity contribution is 0.0925. The predicted molar refractivity (Wildman–Crippen MR) is 62.3 cm³/mol. The second-order valence-corrected chi connectivity index (χ2v) is 3.80. The number of nitrogens with one attached hydrogen (secondary N) is 2. The van der Waals surface area contributed by atoms with E-state index in [-0.39, 0.29) is 12.5 Å². The lowest BCUT2D eigenvalue weighted by atomic mass is 10.1. The molecule has 2 aromatic rings. The summed E-state index contributed by atoms with van der Waals surface area (Å²) in [6.07, 6.45) is 1.27. The Morgan fingerprint density at radius 3 is 3.06 bits per heavy atom. The minimum Gasteiger partial charge on any atom is -0.392 e. The number of hydrogen-bond acceptors (Lipinski definition) is 2. The van der Waals surface area contributed by atoms with E-state index in [1.807, 2.05) is 18.2 Å². The van der Waals surface area contributed by atoms with Crippen LogP contribution in [0.2, 0.25) is 0 Å². The molecule has 0 bridgehead atoms. The molecule has 4 nitrogen and oxygen atoms in total. The number of aliphatic hydroxyl groups excluding tert-OH is 1. The molecular formula is C12H14N2O2. The number of hydrogen-bond donors (Lipinski definition) is 3. The number of aliphatic hydroxyl groups is 1. The number of carbonyl (C=O) groups excluding carboxylic acids is 1. The Morgan fingerprint density at radius 2 is 2.31 bits per heavy atom. The third kappa shape index (κ3) is 2.06. The topological polar surface area (TPSA) is 65.1 Å². The number of carbonyl (C=O) groups is 1. The molecule has 0 radical (unpaired) electrons. The van der Waals surface area contributed by atoms with Crippen molar-refractivity contribution in [1.29, 1.82) is 0 Å². The molecule has 4 heteroatoms. The van der Waals surface area contributed by atoms with Crippen LogP contribution in [-0.4, -0.2) is 28.6 Å². The van der Waals surface area contributed by atoms with Gasteiger partial charge in [0.05, 0.1) is 6.10 Å². The van der Waals surface area contributed by atoms with E-state index >= 15 is 0 Å². The first-order valence-electron chi connectivity index (χ1n) is 5.21. The largest absolute Gasteiger partial charge is 0.392 e. The standard InChI is InChI=1S/C12H14N2O2/c1-8(15)7-14-12(16)10-3-2-4-11-9(10)5-6-13-11/h2-6,8,13,15H,7H2,1H3,(H,14,16)/t8-/m1/s1. The molecule has 84 valence electrons. The molecule has 0 unspecified atom stereocenters. The van der Waals surface area contributed by atoms with Crippen LogP contribution in [0.4, 0.5) is 0 Å². The van der Waals surface area contributed by atoms with Gasteiger partial charge in [-0.25, -0.2) is 0 Å². The molecule has 0 fully saturated rings. The fraction of sp³-hybridized carbons (Fsp3) is 0.250. The first-order chi connectivity index (χ1) is 7.68. The van der Waals surface area contributed by atoms with Gasteiger partial charge < -0.3 is 15.4 Å². The number of aromatic nitrogens is 1. The van der Waals surface area contributed by atoms with Gasteiger partial charge in [-0.2, -0.15) is 0 Å². The van der Waals surface area contributed by atoms with E-state index in [9.17, 15) is 4.79 Å². The summed E-state index contributed by atoms with van der Waals surface area (Å²) in [5.41, 5.74) is 1.56. The SMILES string of the molecule is C[C@@H](O)CNC(=O)c1cccc2[nH]ccc12. The summed E-state index contributed by atoms with van der Waals surface area (Å²) in [7, 11) is 0. The van der Waals surface area contributed by atoms with Crippen molar-refractivity contribution in [1.82, 2.24) is 10.3 Å². The fourth-order valence-electron chi connectivity index (χ4n) is 1.62. The Hall–Kier alpha value is -1.81. The highest BCUT2D eigenvalue weighted by Crippen LogP contribution is 2.16. The number of rotatable bonds is 3. The second kappa shape index (κ2) is 4.37. The molecule has 3 N–H and O–H groups in total. The van der Waals surface area contributed by atoms with Crippen molar-refractivity contribution >= 4 is 16.8 Å². The van der Waals surface area contributed by atoms with Crippen LogP contribution in [0.3, 0.4) is 0 Å². The smallest absolute Gasteiger partial charge is 0.252 e. The maximum absolute atomic E-state index is 11.8. The van der Waals surface area contributed by atoms with Gasteiger partial charge >= 0.3 is 0 Å². The zero-order valence-electron chi connectivity index (χ0n) is 9.03. The van der Waals surface area contributed by atoms with Gasteiger partial charge in [-0.1, -0.05) is 6.07 Å². The maximum Gasteiger partial charge on any atom is 0.252 e. The summed E-state index contributed by atoms with van der Waals surface area (Å²) in [6, 6.07) is 7.39. The number of benzene rings is 1. The Bertz CT molecular complexity index is 502. The van der Waals surface area contributed by atoms with Crippen LogP contribution in [0.15, 0.2) is 30.5 Å². The number of fused-ring (bicyclic) bond motifs is 1. The first-order valence-corrected chi connectivity index (χ1v) is 5.21. The molecule has 1 amide bonds. The Balaban J connectivity index is 2.25. The molecule has 0 saturated carbocycles. The minimum atomic E-state index is -0.533. The Labute approximate surface area is 93.3 Å². The molecule has 0 aliphatic carbocycles. The number of H-pyrrole nitrogens is 1. The molecule has 0 saturated heterocycles. The molecular weight excluding hydrogens is 204 g/mol. The summed E-state index contributed by atoms with van der Waals surface area (Å²) in [5.74, 6) is -0.161. The first kappa shape index (κ1) is 10.7. The third-order valence-electron chi connectivity index (χ3n) is 2.40. The van der Waals surface area contributed by atoms with E-state index in [4.69, 9.17) is 5.11 Å². The van der Waals surface area contributed by atoms with Crippen LogP contribution in [-0.2, 0) is 0 Å². The van der Waals surface area contributed by atoms with Gasteiger partial charge in [0.15, 0.2) is 0 Å². The maximum atomic E-state index is 11.8. The van der Waals surface area contributed by atoms with Crippen LogP contribution < -0.4 is 5.32 Å². The molecule has 1 aromatic heterocycles. The van der Waals surface area contributed by atoms with Crippen LogP contribution in [0, 0.1) is 0 Å². The molecule has 2 rings (SSSR count). The van der Waals surface area contributed by atoms with Gasteiger partial charge in [0.2, 0.25) is 0 Å². The fourth-order valence-corrected chi connectivity index (χ4v) is 1.62. The predicted octanol–water partition coefficient (Wildman–Crippen LogP) is 1.28. The Kier molecular flexibility index (Phi) is 2.92. The summed E-state index contributed by atoms with van der Waals surface area (Å²) < 4.78 is 0. The Morgan fingerprint density at radius 1 is 1.50 bits per heavy atom. The molecule has 16 heavy (non-hydrogen) atoms. The third-order valence-corrected chi connectivity index (χ3v) is 2.40. The van der Waals surface area contributed by atoms with Crippen LogP contribution in [0.1, 0.15) is 17.3 Å². The summed E-state index contributed by atoms with van der Waals surface area (Å²) >= 11 is 0. The van der Waals surface area contributed by atoms with E-state index in [2.05, 4.69) is 10.3 Å². The van der Waals surface area contributed by atoms with Gasteiger partial charge in [0.25, 0.3) is 5.91 Å². The highest BCUT2D eigenvalue weighted by atomic mass is 16.3. The highest BCUT2D eigenvalue weighted by Gasteiger charge is 2.10. The average Bonchev–Trinajstić information content (AvgIpc) is 2.73. The quantitative estimate of drug-likeness (QED) is 0.726. The zero-order chi connectivity index (χ0) is 11.5. The van der Waals surface area contributed by atoms with Crippen molar-refractivity contribution in [2.45, 2.75) is 13.0 Å². The van der Waals surface area contributed by atoms with E-state index in [0.717, 1.165) is 10.9 Å². The summed E-state index contributed by atoms with van der Waals surface area (Å²) in [5, 5.41) is 12.7. The van der Waals surface area contributed by atoms with Crippen molar-refractivity contribution in [2.24, 2.45) is 0 Å². The van der Waals surface area contributed by atoms with Gasteiger partial charge in [0.1, 0.15) is 0 Å². The molecule has 0 aliphatic heterocycles. The lowest BCUT2D eigenvalue weighted by Crippen LogP contribution is -2.30. The van der Waals surface area contributed by atoms with Crippen LogP contribution >= 0.6 is 0 Å². The van der Waals surface area contributed by atoms with E-state index in [1.165, 1.54) is 0 Å². The van der Waals surface area contributed by atoms with Crippen molar-refractivity contribution in [3.63, 3.8) is 0 Å². The lowest BCUT2D eigenvalue weighted by Gasteiger charge is -2.07. The van der Waals surface area contributed by atoms with E-state index in [1.54, 1.807) is 19.2 Å². The van der Waals surface area contributed by atoms with Gasteiger partial charge in [-0.3, -0.25) is 4.79 Å². The average molecular weight is 218 g/mol. The molecule has 1 heterocycles. The van der Waals surface area contributed by atoms with Gasteiger partial charge in [0, 0.05) is 29.2 Å². The van der Waals surface area contributed by atoms with Gasteiger partial charge in [-0.05, 0) is 25.1 Å². The van der Waals surface area contributed by atoms with E-state index in [0.29, 0.717) is 5.56 Å². The monoisotopic (exact) mass is 218 g/mol. The second-order valence-electron chi connectivity index (χ2n) is 3.80. The number of amides is 1.